The van der Waals surface area contributed by atoms with Crippen LogP contribution in [0.15, 0.2) is 61.3 Å². The molecule has 128 valence electrons. The summed E-state index contributed by atoms with van der Waals surface area (Å²) in [6, 6.07) is 10.8. The van der Waals surface area contributed by atoms with Gasteiger partial charge in [-0.2, -0.15) is 0 Å². The number of hydrogen-bond acceptors (Lipinski definition) is 5. The highest BCUT2D eigenvalue weighted by atomic mass is 16.5. The molecule has 0 aliphatic heterocycles. The molecule has 0 fully saturated rings. The summed E-state index contributed by atoms with van der Waals surface area (Å²) in [4.78, 5) is 20.2. The van der Waals surface area contributed by atoms with E-state index in [-0.39, 0.29) is 12.5 Å². The molecule has 2 heterocycles. The largest absolute Gasteiger partial charge is 0.497 e. The molecule has 0 radical (unpaired) electrons. The topological polar surface area (TPSA) is 78.3 Å². The van der Waals surface area contributed by atoms with Crippen LogP contribution >= 0.6 is 0 Å². The molecule has 7 nitrogen and oxygen atoms in total. The van der Waals surface area contributed by atoms with Gasteiger partial charge in [-0.3, -0.25) is 9.36 Å². The summed E-state index contributed by atoms with van der Waals surface area (Å²) in [6.45, 7) is 0.342. The lowest BCUT2D eigenvalue weighted by molar-refractivity contribution is -0.123. The van der Waals surface area contributed by atoms with Gasteiger partial charge in [0.25, 0.3) is 5.91 Å². The van der Waals surface area contributed by atoms with Gasteiger partial charge in [-0.1, -0.05) is 6.07 Å². The number of rotatable bonds is 7. The molecule has 1 N–H and O–H groups in total. The second-order valence-corrected chi connectivity index (χ2v) is 5.24. The predicted molar refractivity (Wildman–Crippen MR) is 91.7 cm³/mol. The van der Waals surface area contributed by atoms with E-state index >= 15 is 0 Å². The molecule has 2 aromatic heterocycles. The number of hydrogen-bond donors (Lipinski definition) is 1. The number of carbonyl (C=O) groups excluding carboxylic acids is 1. The highest BCUT2D eigenvalue weighted by Crippen LogP contribution is 2.16. The van der Waals surface area contributed by atoms with Crippen molar-refractivity contribution in [1.82, 2.24) is 19.9 Å². The average Bonchev–Trinajstić information content (AvgIpc) is 3.20. The van der Waals surface area contributed by atoms with Crippen molar-refractivity contribution in [3.05, 3.63) is 66.9 Å². The van der Waals surface area contributed by atoms with Gasteiger partial charge in [-0.15, -0.1) is 0 Å². The van der Waals surface area contributed by atoms with Crippen molar-refractivity contribution in [2.75, 3.05) is 13.7 Å². The Morgan fingerprint density at radius 2 is 1.96 bits per heavy atom. The first-order chi connectivity index (χ1) is 12.2. The zero-order valence-electron chi connectivity index (χ0n) is 13.8. The molecule has 1 amide bonds. The van der Waals surface area contributed by atoms with E-state index < -0.39 is 0 Å². The molecular weight excluding hydrogens is 320 g/mol. The van der Waals surface area contributed by atoms with Crippen LogP contribution in [0.5, 0.6) is 11.5 Å². The van der Waals surface area contributed by atoms with E-state index in [1.54, 1.807) is 50.1 Å². The fourth-order valence-electron chi connectivity index (χ4n) is 2.14. The number of nitrogens with zero attached hydrogens (tertiary/aromatic N) is 3. The van der Waals surface area contributed by atoms with E-state index in [0.29, 0.717) is 12.3 Å². The fraction of sp³-hybridized carbons (Fsp3) is 0.167. The Bertz CT molecular complexity index is 799. The van der Waals surface area contributed by atoms with Crippen molar-refractivity contribution in [2.24, 2.45) is 0 Å². The van der Waals surface area contributed by atoms with Crippen molar-refractivity contribution < 1.29 is 14.3 Å². The zero-order valence-corrected chi connectivity index (χ0v) is 13.8. The van der Waals surface area contributed by atoms with Gasteiger partial charge in [0.2, 0.25) is 0 Å². The van der Waals surface area contributed by atoms with E-state index in [0.717, 1.165) is 17.1 Å². The molecule has 25 heavy (non-hydrogen) atoms. The number of carbonyl (C=O) groups is 1. The zero-order chi connectivity index (χ0) is 17.5. The van der Waals surface area contributed by atoms with Gasteiger partial charge in [0.1, 0.15) is 23.6 Å². The van der Waals surface area contributed by atoms with Crippen molar-refractivity contribution in [3.63, 3.8) is 0 Å². The van der Waals surface area contributed by atoms with Crippen molar-refractivity contribution in [2.45, 2.75) is 6.54 Å². The highest BCUT2D eigenvalue weighted by Gasteiger charge is 2.04. The molecule has 0 bridgehead atoms. The van der Waals surface area contributed by atoms with Crippen LogP contribution in [0.1, 0.15) is 5.56 Å². The quantitative estimate of drug-likeness (QED) is 0.713. The Morgan fingerprint density at radius 1 is 1.16 bits per heavy atom. The van der Waals surface area contributed by atoms with Crippen LogP contribution in [0.4, 0.5) is 0 Å². The number of pyridine rings is 1. The number of imidazole rings is 1. The predicted octanol–water partition coefficient (Wildman–Crippen LogP) is 1.97. The van der Waals surface area contributed by atoms with Gasteiger partial charge in [-0.25, -0.2) is 9.97 Å². The third kappa shape index (κ3) is 4.57. The SMILES string of the molecule is COc1ccc(OCC(=O)NCc2ccc(-n3ccnc3)nc2)cc1. The second kappa shape index (κ2) is 7.96. The van der Waals surface area contributed by atoms with Crippen LogP contribution in [0, 0.1) is 0 Å². The third-order valence-electron chi connectivity index (χ3n) is 3.50. The second-order valence-electron chi connectivity index (χ2n) is 5.24. The number of benzene rings is 1. The number of nitrogens with one attached hydrogen (secondary N) is 1. The van der Waals surface area contributed by atoms with E-state index in [1.165, 1.54) is 0 Å². The Labute approximate surface area is 145 Å². The van der Waals surface area contributed by atoms with Gasteiger partial charge < -0.3 is 14.8 Å². The number of ether oxygens (including phenoxy) is 2. The summed E-state index contributed by atoms with van der Waals surface area (Å²) < 4.78 is 12.3. The lowest BCUT2D eigenvalue weighted by atomic mass is 10.3. The normalized spacial score (nSPS) is 10.3. The van der Waals surface area contributed by atoms with Crippen LogP contribution < -0.4 is 14.8 Å². The monoisotopic (exact) mass is 338 g/mol. The minimum atomic E-state index is -0.200. The smallest absolute Gasteiger partial charge is 0.258 e. The molecule has 0 aliphatic rings. The molecule has 0 aliphatic carbocycles. The molecule has 0 saturated heterocycles. The molecular formula is C18H18N4O3. The standard InChI is InChI=1S/C18H18N4O3/c1-24-15-3-5-16(6-4-15)25-12-18(23)21-11-14-2-7-17(20-10-14)22-9-8-19-13-22/h2-10,13H,11-12H2,1H3,(H,21,23). The van der Waals surface area contributed by atoms with Crippen LogP contribution in [-0.4, -0.2) is 34.2 Å². The Morgan fingerprint density at radius 3 is 2.60 bits per heavy atom. The molecule has 0 unspecified atom stereocenters. The number of amides is 1. The summed E-state index contributed by atoms with van der Waals surface area (Å²) in [5.41, 5.74) is 0.904. The third-order valence-corrected chi connectivity index (χ3v) is 3.50. The van der Waals surface area contributed by atoms with Crippen LogP contribution in [0.2, 0.25) is 0 Å². The lowest BCUT2D eigenvalue weighted by Gasteiger charge is -2.08. The maximum Gasteiger partial charge on any atom is 0.258 e. The van der Waals surface area contributed by atoms with Gasteiger partial charge in [0.15, 0.2) is 6.61 Å². The molecule has 7 heteroatoms. The van der Waals surface area contributed by atoms with Gasteiger partial charge in [0, 0.05) is 25.1 Å². The van der Waals surface area contributed by atoms with Crippen molar-refractivity contribution in [3.8, 4) is 17.3 Å². The first kappa shape index (κ1) is 16.5. The van der Waals surface area contributed by atoms with Gasteiger partial charge in [-0.05, 0) is 35.9 Å². The van der Waals surface area contributed by atoms with Crippen LogP contribution in [0.3, 0.4) is 0 Å². The highest BCUT2D eigenvalue weighted by molar-refractivity contribution is 5.77. The van der Waals surface area contributed by atoms with Crippen molar-refractivity contribution >= 4 is 5.91 Å². The summed E-state index contributed by atoms with van der Waals surface area (Å²) in [7, 11) is 1.60. The van der Waals surface area contributed by atoms with Crippen LogP contribution in [-0.2, 0) is 11.3 Å². The van der Waals surface area contributed by atoms with E-state index in [9.17, 15) is 4.79 Å². The maximum absolute atomic E-state index is 11.9. The molecule has 0 atom stereocenters. The molecule has 0 spiro atoms. The lowest BCUT2D eigenvalue weighted by Crippen LogP contribution is -2.28. The Kier molecular flexibility index (Phi) is 5.26. The molecule has 3 rings (SSSR count). The molecule has 1 aromatic carbocycles. The minimum Gasteiger partial charge on any atom is -0.497 e. The van der Waals surface area contributed by atoms with Gasteiger partial charge >= 0.3 is 0 Å². The Balaban J connectivity index is 1.45. The molecule has 3 aromatic rings. The average molecular weight is 338 g/mol. The minimum absolute atomic E-state index is 0.0487. The Hall–Kier alpha value is -3.35. The first-order valence-corrected chi connectivity index (χ1v) is 7.71. The molecule has 0 saturated carbocycles. The number of methoxy groups -OCH3 is 1. The number of aromatic nitrogens is 3. The summed E-state index contributed by atoms with van der Waals surface area (Å²) in [6.07, 6.45) is 6.92. The van der Waals surface area contributed by atoms with E-state index in [1.807, 2.05) is 22.9 Å². The maximum atomic E-state index is 11.9. The van der Waals surface area contributed by atoms with E-state index in [4.69, 9.17) is 9.47 Å². The van der Waals surface area contributed by atoms with Gasteiger partial charge in [0.05, 0.1) is 7.11 Å². The van der Waals surface area contributed by atoms with Crippen molar-refractivity contribution in [1.29, 1.82) is 0 Å². The van der Waals surface area contributed by atoms with Crippen LogP contribution in [0.25, 0.3) is 5.82 Å². The summed E-state index contributed by atoms with van der Waals surface area (Å²) in [5.74, 6) is 1.93. The fourth-order valence-corrected chi connectivity index (χ4v) is 2.14. The summed E-state index contributed by atoms with van der Waals surface area (Å²) in [5, 5.41) is 2.80. The first-order valence-electron chi connectivity index (χ1n) is 7.71. The van der Waals surface area contributed by atoms with E-state index in [2.05, 4.69) is 15.3 Å². The summed E-state index contributed by atoms with van der Waals surface area (Å²) >= 11 is 0.